The normalized spacial score (nSPS) is 13.4. The lowest BCUT2D eigenvalue weighted by molar-refractivity contribution is 0.388. The van der Waals surface area contributed by atoms with Gasteiger partial charge in [0.15, 0.2) is 0 Å². The maximum Gasteiger partial charge on any atom is 0.571 e. The molecule has 134 valence electrons. The zero-order valence-corrected chi connectivity index (χ0v) is 15.8. The van der Waals surface area contributed by atoms with Crippen molar-refractivity contribution in [2.24, 2.45) is 4.13 Å². The molecule has 1 unspecified atom stereocenters. The van der Waals surface area contributed by atoms with Crippen molar-refractivity contribution in [3.05, 3.63) is 91.0 Å². The first-order valence-corrected chi connectivity index (χ1v) is 11.3. The fraction of sp³-hybridized carbons (Fsp3) is 0.0526. The Labute approximate surface area is 153 Å². The summed E-state index contributed by atoms with van der Waals surface area (Å²) in [6, 6.07) is 25.7. The van der Waals surface area contributed by atoms with Gasteiger partial charge < -0.3 is 9.05 Å². The van der Waals surface area contributed by atoms with Crippen molar-refractivity contribution in [3.8, 4) is 11.5 Å². The largest absolute Gasteiger partial charge is 0.571 e. The van der Waals surface area contributed by atoms with Gasteiger partial charge in [0.2, 0.25) is 0 Å². The smallest absolute Gasteiger partial charge is 0.399 e. The molecule has 0 heterocycles. The van der Waals surface area contributed by atoms with Crippen LogP contribution in [-0.4, -0.2) is 10.5 Å². The van der Waals surface area contributed by atoms with Crippen molar-refractivity contribution < 1.29 is 17.8 Å². The molecule has 26 heavy (non-hydrogen) atoms. The van der Waals surface area contributed by atoms with Crippen LogP contribution in [0.1, 0.15) is 0 Å². The van der Waals surface area contributed by atoms with E-state index in [1.807, 2.05) is 0 Å². The van der Waals surface area contributed by atoms with Gasteiger partial charge in [0, 0.05) is 11.2 Å². The van der Waals surface area contributed by atoms with Crippen LogP contribution in [0.3, 0.4) is 0 Å². The molecule has 5 nitrogen and oxygen atoms in total. The second kappa shape index (κ2) is 7.77. The quantitative estimate of drug-likeness (QED) is 0.531. The van der Waals surface area contributed by atoms with E-state index >= 15 is 0 Å². The number of hydrogen-bond acceptors (Lipinski definition) is 4. The molecule has 0 saturated carbocycles. The van der Waals surface area contributed by atoms with E-state index in [4.69, 9.17) is 9.05 Å². The van der Waals surface area contributed by atoms with E-state index < -0.39 is 17.5 Å². The molecule has 0 aliphatic rings. The highest BCUT2D eigenvalue weighted by molar-refractivity contribution is 7.95. The number of rotatable bonds is 6. The summed E-state index contributed by atoms with van der Waals surface area (Å²) in [4.78, 5) is 0.452. The Morgan fingerprint density at radius 1 is 0.731 bits per heavy atom. The lowest BCUT2D eigenvalue weighted by atomic mass is 10.3. The standard InChI is InChI=1S/C19H18NO4PS/c1-26(22,19-15-9-4-10-16-19)20-25(21,23-17-11-5-2-6-12-17)24-18-13-7-3-8-14-18/h2-16H,1H3. The SMILES string of the molecule is CS(=O)(=NP(=O)(Oc1ccccc1)Oc1ccccc1)c1ccccc1. The summed E-state index contributed by atoms with van der Waals surface area (Å²) in [7, 11) is -7.10. The fourth-order valence-corrected chi connectivity index (χ4v) is 5.84. The molecule has 0 spiro atoms. The molecule has 0 fully saturated rings. The van der Waals surface area contributed by atoms with Crippen molar-refractivity contribution in [1.82, 2.24) is 0 Å². The van der Waals surface area contributed by atoms with E-state index in [-0.39, 0.29) is 0 Å². The van der Waals surface area contributed by atoms with E-state index in [9.17, 15) is 8.77 Å². The van der Waals surface area contributed by atoms with Crippen LogP contribution >= 0.6 is 7.75 Å². The number of para-hydroxylation sites is 2. The lowest BCUT2D eigenvalue weighted by Gasteiger charge is -2.17. The topological polar surface area (TPSA) is 65.0 Å². The zero-order chi connectivity index (χ0) is 18.5. The maximum atomic E-state index is 13.4. The van der Waals surface area contributed by atoms with Crippen LogP contribution in [-0.2, 0) is 14.3 Å². The van der Waals surface area contributed by atoms with E-state index in [0.29, 0.717) is 16.4 Å². The average molecular weight is 387 g/mol. The van der Waals surface area contributed by atoms with Gasteiger partial charge in [0.1, 0.15) is 11.5 Å². The molecule has 0 saturated heterocycles. The van der Waals surface area contributed by atoms with E-state index in [1.54, 1.807) is 91.0 Å². The van der Waals surface area contributed by atoms with Gasteiger partial charge in [-0.05, 0) is 36.4 Å². The first-order chi connectivity index (χ1) is 12.5. The summed E-state index contributed by atoms with van der Waals surface area (Å²) < 4.78 is 41.6. The summed E-state index contributed by atoms with van der Waals surface area (Å²) in [5.41, 5.74) is 0. The summed E-state index contributed by atoms with van der Waals surface area (Å²) >= 11 is 0. The average Bonchev–Trinajstić information content (AvgIpc) is 2.63. The molecule has 1 atom stereocenters. The Morgan fingerprint density at radius 2 is 1.12 bits per heavy atom. The van der Waals surface area contributed by atoms with Crippen LogP contribution in [0.15, 0.2) is 100 Å². The molecule has 0 amide bonds. The fourth-order valence-electron chi connectivity index (χ4n) is 2.19. The molecular formula is C19H18NO4PS. The van der Waals surface area contributed by atoms with Crippen molar-refractivity contribution in [2.45, 2.75) is 4.90 Å². The van der Waals surface area contributed by atoms with Crippen LogP contribution < -0.4 is 9.05 Å². The lowest BCUT2D eigenvalue weighted by Crippen LogP contribution is -2.04. The van der Waals surface area contributed by atoms with Crippen molar-refractivity contribution in [3.63, 3.8) is 0 Å². The Kier molecular flexibility index (Phi) is 5.45. The minimum absolute atomic E-state index is 0.318. The molecule has 0 N–H and O–H groups in total. The van der Waals surface area contributed by atoms with Crippen LogP contribution in [0.5, 0.6) is 11.5 Å². The summed E-state index contributed by atoms with van der Waals surface area (Å²) in [5, 5.41) is 0. The molecule has 0 aromatic heterocycles. The summed E-state index contributed by atoms with van der Waals surface area (Å²) in [5.74, 6) is 0.637. The minimum atomic E-state index is -4.10. The first-order valence-electron chi connectivity index (χ1n) is 7.85. The molecule has 0 aliphatic heterocycles. The molecule has 0 aliphatic carbocycles. The van der Waals surface area contributed by atoms with Crippen molar-refractivity contribution in [1.29, 1.82) is 0 Å². The van der Waals surface area contributed by atoms with Crippen LogP contribution in [0.25, 0.3) is 0 Å². The van der Waals surface area contributed by atoms with Crippen molar-refractivity contribution in [2.75, 3.05) is 6.26 Å². The first kappa shape index (κ1) is 18.2. The third-order valence-corrected chi connectivity index (χ3v) is 7.44. The highest BCUT2D eigenvalue weighted by Gasteiger charge is 2.31. The molecular weight excluding hydrogens is 369 g/mol. The second-order valence-electron chi connectivity index (χ2n) is 5.47. The Hall–Kier alpha value is -2.56. The number of benzene rings is 3. The molecule has 0 radical (unpaired) electrons. The third-order valence-electron chi connectivity index (χ3n) is 3.36. The van der Waals surface area contributed by atoms with E-state index in [1.165, 1.54) is 6.26 Å². The van der Waals surface area contributed by atoms with Crippen molar-refractivity contribution >= 4 is 17.5 Å². The summed E-state index contributed by atoms with van der Waals surface area (Å²) in [6.45, 7) is 0. The monoisotopic (exact) mass is 387 g/mol. The molecule has 3 rings (SSSR count). The van der Waals surface area contributed by atoms with Gasteiger partial charge in [-0.2, -0.15) is 0 Å². The Bertz CT molecular complexity index is 972. The van der Waals surface area contributed by atoms with Gasteiger partial charge in [-0.3, -0.25) is 0 Å². The Morgan fingerprint density at radius 3 is 1.54 bits per heavy atom. The third kappa shape index (κ3) is 4.75. The van der Waals surface area contributed by atoms with Gasteiger partial charge in [0.05, 0.1) is 9.73 Å². The number of hydrogen-bond donors (Lipinski definition) is 0. The maximum absolute atomic E-state index is 13.4. The van der Waals surface area contributed by atoms with E-state index in [2.05, 4.69) is 4.13 Å². The minimum Gasteiger partial charge on any atom is -0.399 e. The summed E-state index contributed by atoms with van der Waals surface area (Å²) in [6.07, 6.45) is 1.41. The van der Waals surface area contributed by atoms with Gasteiger partial charge in [-0.15, -0.1) is 0 Å². The predicted molar refractivity (Wildman–Crippen MR) is 103 cm³/mol. The number of nitrogens with zero attached hydrogens (tertiary/aromatic N) is 1. The van der Waals surface area contributed by atoms with Gasteiger partial charge in [0.25, 0.3) is 0 Å². The predicted octanol–water partition coefficient (Wildman–Crippen LogP) is 5.41. The highest BCUT2D eigenvalue weighted by Crippen LogP contribution is 2.51. The van der Waals surface area contributed by atoms with E-state index in [0.717, 1.165) is 0 Å². The van der Waals surface area contributed by atoms with Crippen LogP contribution in [0, 0.1) is 0 Å². The highest BCUT2D eigenvalue weighted by atomic mass is 32.2. The van der Waals surface area contributed by atoms with Crippen LogP contribution in [0.4, 0.5) is 0 Å². The van der Waals surface area contributed by atoms with Gasteiger partial charge in [-0.1, -0.05) is 58.7 Å². The molecule has 3 aromatic carbocycles. The molecule has 3 aromatic rings. The molecule has 0 bridgehead atoms. The molecule has 7 heteroatoms. The van der Waals surface area contributed by atoms with Gasteiger partial charge in [-0.25, -0.2) is 8.77 Å². The second-order valence-corrected chi connectivity index (χ2v) is 9.51. The van der Waals surface area contributed by atoms with Gasteiger partial charge >= 0.3 is 7.75 Å². The van der Waals surface area contributed by atoms with Crippen LogP contribution in [0.2, 0.25) is 0 Å². The Balaban J connectivity index is 2.04. The zero-order valence-electron chi connectivity index (χ0n) is 14.1.